The highest BCUT2D eigenvalue weighted by molar-refractivity contribution is 5.91. The molecule has 0 radical (unpaired) electrons. The number of hydrogen-bond donors (Lipinski definition) is 3. The van der Waals surface area contributed by atoms with Gasteiger partial charge < -0.3 is 34.6 Å². The largest absolute Gasteiger partial charge is 0.471 e. The third kappa shape index (κ3) is 7.41. The van der Waals surface area contributed by atoms with E-state index < -0.39 is 77.9 Å². The summed E-state index contributed by atoms with van der Waals surface area (Å²) in [6.45, 7) is 4.32. The Labute approximate surface area is 253 Å². The molecule has 1 aliphatic carbocycles. The van der Waals surface area contributed by atoms with E-state index in [0.717, 1.165) is 13.2 Å². The van der Waals surface area contributed by atoms with Gasteiger partial charge in [-0.3, -0.25) is 4.79 Å². The molecular weight excluding hydrogens is 582 g/mol. The van der Waals surface area contributed by atoms with Crippen LogP contribution in [0.4, 0.5) is 13.6 Å². The number of alkyl carbamates (subject to hydrolysis) is 1. The summed E-state index contributed by atoms with van der Waals surface area (Å²) < 4.78 is 46.7. The first-order chi connectivity index (χ1) is 20.7. The number of hydrogen-bond acceptors (Lipinski definition) is 10. The van der Waals surface area contributed by atoms with E-state index in [9.17, 15) is 19.5 Å². The van der Waals surface area contributed by atoms with Gasteiger partial charge in [0.15, 0.2) is 5.69 Å². The average molecular weight is 621 g/mol. The molecule has 2 heterocycles. The molecule has 240 valence electrons. The third-order valence-electron chi connectivity index (χ3n) is 7.64. The van der Waals surface area contributed by atoms with E-state index in [4.69, 9.17) is 19.3 Å². The van der Waals surface area contributed by atoms with Crippen molar-refractivity contribution >= 4 is 29.0 Å². The van der Waals surface area contributed by atoms with E-state index in [0.29, 0.717) is 25.3 Å². The summed E-state index contributed by atoms with van der Waals surface area (Å²) in [5.74, 6) is -5.55. The summed E-state index contributed by atoms with van der Waals surface area (Å²) in [6.07, 6.45) is -0.402. The second-order valence-corrected chi connectivity index (χ2v) is 12.0. The highest BCUT2D eigenvalue weighted by Crippen LogP contribution is 2.37. The number of nitrogens with one attached hydrogen (secondary N) is 1. The number of para-hydroxylation sites is 2. The van der Waals surface area contributed by atoms with Crippen LogP contribution in [-0.2, 0) is 25.0 Å². The van der Waals surface area contributed by atoms with Gasteiger partial charge in [-0.15, -0.1) is 0 Å². The molecule has 2 aliphatic rings. The number of nitrogens with zero attached hydrogens (tertiary/aromatic N) is 3. The molecule has 2 fully saturated rings. The molecule has 14 heteroatoms. The normalized spacial score (nSPS) is 23.1. The fourth-order valence-electron chi connectivity index (χ4n) is 5.35. The number of aliphatic hydroxyl groups is 2. The van der Waals surface area contributed by atoms with Gasteiger partial charge in [-0.1, -0.05) is 39.0 Å². The second kappa shape index (κ2) is 13.4. The number of amides is 2. The first-order valence-electron chi connectivity index (χ1n) is 14.4. The van der Waals surface area contributed by atoms with Crippen LogP contribution in [0.3, 0.4) is 0 Å². The SMILES string of the molecule is COC(=O)[C@@H]1C[C@@H](Oc2nc3ccccc3nc2C(F)(F)/C=C/CO)CN1C(=O)[C@@H](NC(=O)O[C@@H]1CCC[C@H]1O)C(C)(C)C. The van der Waals surface area contributed by atoms with Gasteiger partial charge in [-0.2, -0.15) is 8.78 Å². The maximum atomic E-state index is 15.2. The molecule has 0 bridgehead atoms. The van der Waals surface area contributed by atoms with Gasteiger partial charge in [0.25, 0.3) is 0 Å². The van der Waals surface area contributed by atoms with Crippen LogP contribution in [0, 0.1) is 5.41 Å². The summed E-state index contributed by atoms with van der Waals surface area (Å²) in [5, 5.41) is 21.7. The number of halogens is 2. The molecule has 1 aromatic carbocycles. The third-order valence-corrected chi connectivity index (χ3v) is 7.64. The number of benzene rings is 1. The van der Waals surface area contributed by atoms with Crippen molar-refractivity contribution in [3.63, 3.8) is 0 Å². The summed E-state index contributed by atoms with van der Waals surface area (Å²) >= 11 is 0. The number of methoxy groups -OCH3 is 1. The van der Waals surface area contributed by atoms with Gasteiger partial charge in [0.1, 0.15) is 24.3 Å². The van der Waals surface area contributed by atoms with E-state index in [1.54, 1.807) is 39.0 Å². The van der Waals surface area contributed by atoms with E-state index in [2.05, 4.69) is 15.3 Å². The van der Waals surface area contributed by atoms with Crippen molar-refractivity contribution in [2.75, 3.05) is 20.3 Å². The fraction of sp³-hybridized carbons (Fsp3) is 0.567. The molecule has 2 aromatic rings. The second-order valence-electron chi connectivity index (χ2n) is 12.0. The molecule has 4 rings (SSSR count). The Hall–Kier alpha value is -3.91. The zero-order valence-electron chi connectivity index (χ0n) is 25.0. The highest BCUT2D eigenvalue weighted by Gasteiger charge is 2.47. The molecule has 2 amide bonds. The Morgan fingerprint density at radius 2 is 1.84 bits per heavy atom. The number of aromatic nitrogens is 2. The summed E-state index contributed by atoms with van der Waals surface area (Å²) in [5.41, 5.74) is -1.17. The topological polar surface area (TPSA) is 160 Å². The number of allylic oxidation sites excluding steroid dienone is 1. The summed E-state index contributed by atoms with van der Waals surface area (Å²) in [7, 11) is 1.16. The van der Waals surface area contributed by atoms with Crippen LogP contribution in [0.2, 0.25) is 0 Å². The highest BCUT2D eigenvalue weighted by atomic mass is 19.3. The number of ether oxygens (including phenoxy) is 3. The standard InChI is InChI=1S/C30H38F2N4O8/c1-29(2,3)24(35-28(41)44-22-12-7-11-21(22)38)26(39)36-16-17(15-20(36)27(40)42-4)43-25-23(30(31,32)13-8-14-37)33-18-9-5-6-10-19(18)34-25/h5-6,8-10,13,17,20-22,24,37-38H,7,11-12,14-16H2,1-4H3,(H,35,41)/b13-8+/t17-,20+,21-,22-,24-/m1/s1. The summed E-state index contributed by atoms with van der Waals surface area (Å²) in [6, 6.07) is 4.06. The van der Waals surface area contributed by atoms with Gasteiger partial charge >= 0.3 is 18.0 Å². The van der Waals surface area contributed by atoms with Crippen molar-refractivity contribution in [1.29, 1.82) is 0 Å². The minimum absolute atomic E-state index is 0.111. The van der Waals surface area contributed by atoms with Gasteiger partial charge in [0.05, 0.1) is 37.4 Å². The predicted octanol–water partition coefficient (Wildman–Crippen LogP) is 2.85. The lowest BCUT2D eigenvalue weighted by molar-refractivity contribution is -0.152. The molecule has 12 nitrogen and oxygen atoms in total. The Morgan fingerprint density at radius 1 is 1.16 bits per heavy atom. The Bertz CT molecular complexity index is 1400. The van der Waals surface area contributed by atoms with Crippen LogP contribution >= 0.6 is 0 Å². The molecule has 44 heavy (non-hydrogen) atoms. The minimum Gasteiger partial charge on any atom is -0.471 e. The Morgan fingerprint density at radius 3 is 2.43 bits per heavy atom. The van der Waals surface area contributed by atoms with E-state index in [1.807, 2.05) is 0 Å². The zero-order valence-corrected chi connectivity index (χ0v) is 25.0. The van der Waals surface area contributed by atoms with E-state index in [1.165, 1.54) is 11.0 Å². The number of esters is 1. The molecular formula is C30H38F2N4O8. The van der Waals surface area contributed by atoms with Crippen LogP contribution in [0.25, 0.3) is 11.0 Å². The van der Waals surface area contributed by atoms with E-state index >= 15 is 8.78 Å². The number of likely N-dealkylation sites (tertiary alicyclic amines) is 1. The molecule has 1 saturated heterocycles. The average Bonchev–Trinajstić information content (AvgIpc) is 3.58. The number of carbonyl (C=O) groups is 3. The fourth-order valence-corrected chi connectivity index (χ4v) is 5.35. The molecule has 0 unspecified atom stereocenters. The number of fused-ring (bicyclic) bond motifs is 1. The van der Waals surface area contributed by atoms with E-state index in [-0.39, 0.29) is 24.0 Å². The van der Waals surface area contributed by atoms with Crippen LogP contribution in [0.5, 0.6) is 5.88 Å². The van der Waals surface area contributed by atoms with Crippen molar-refractivity contribution in [2.45, 2.75) is 82.8 Å². The lowest BCUT2D eigenvalue weighted by atomic mass is 9.85. The van der Waals surface area contributed by atoms with Gasteiger partial charge in [-0.25, -0.2) is 19.6 Å². The molecule has 5 atom stereocenters. The number of rotatable bonds is 9. The molecule has 3 N–H and O–H groups in total. The van der Waals surface area contributed by atoms with Crippen LogP contribution < -0.4 is 10.1 Å². The Balaban J connectivity index is 1.61. The minimum atomic E-state index is -3.67. The van der Waals surface area contributed by atoms with Crippen LogP contribution in [-0.4, -0.2) is 93.7 Å². The van der Waals surface area contributed by atoms with Crippen molar-refractivity contribution in [2.24, 2.45) is 5.41 Å². The molecule has 1 aliphatic heterocycles. The predicted molar refractivity (Wildman–Crippen MR) is 153 cm³/mol. The van der Waals surface area contributed by atoms with Crippen molar-refractivity contribution in [3.8, 4) is 5.88 Å². The van der Waals surface area contributed by atoms with Crippen molar-refractivity contribution in [1.82, 2.24) is 20.2 Å². The maximum absolute atomic E-state index is 15.2. The Kier molecular flexibility index (Phi) is 10.0. The monoisotopic (exact) mass is 620 g/mol. The molecule has 1 saturated carbocycles. The van der Waals surface area contributed by atoms with Gasteiger partial charge in [0.2, 0.25) is 11.8 Å². The van der Waals surface area contributed by atoms with Crippen LogP contribution in [0.15, 0.2) is 36.4 Å². The zero-order chi connectivity index (χ0) is 32.2. The smallest absolute Gasteiger partial charge is 0.408 e. The van der Waals surface area contributed by atoms with Crippen LogP contribution in [0.1, 0.15) is 52.1 Å². The quantitative estimate of drug-likeness (QED) is 0.281. The lowest BCUT2D eigenvalue weighted by Gasteiger charge is -2.35. The molecule has 1 aromatic heterocycles. The first kappa shape index (κ1) is 33.0. The van der Waals surface area contributed by atoms with Gasteiger partial charge in [-0.05, 0) is 42.9 Å². The first-order valence-corrected chi connectivity index (χ1v) is 14.4. The van der Waals surface area contributed by atoms with Crippen molar-refractivity contribution in [3.05, 3.63) is 42.1 Å². The number of aliphatic hydroxyl groups excluding tert-OH is 2. The lowest BCUT2D eigenvalue weighted by Crippen LogP contribution is -2.57. The summed E-state index contributed by atoms with van der Waals surface area (Å²) in [4.78, 5) is 49.1. The maximum Gasteiger partial charge on any atom is 0.408 e. The number of alkyl halides is 2. The van der Waals surface area contributed by atoms with Crippen molar-refractivity contribution < 1.29 is 47.6 Å². The number of carbonyl (C=O) groups excluding carboxylic acids is 3. The molecule has 0 spiro atoms. The van der Waals surface area contributed by atoms with Gasteiger partial charge in [0, 0.05) is 6.42 Å².